The SMILES string of the molecule is FC(F)(C1CCC1)C1CCNCC1. The lowest BCUT2D eigenvalue weighted by molar-refractivity contribution is -0.139. The van der Waals surface area contributed by atoms with Crippen LogP contribution >= 0.6 is 0 Å². The molecule has 0 unspecified atom stereocenters. The number of rotatable bonds is 2. The van der Waals surface area contributed by atoms with Gasteiger partial charge in [0.2, 0.25) is 0 Å². The first kappa shape index (κ1) is 9.38. The van der Waals surface area contributed by atoms with Gasteiger partial charge in [0.1, 0.15) is 0 Å². The van der Waals surface area contributed by atoms with E-state index < -0.39 is 5.92 Å². The van der Waals surface area contributed by atoms with E-state index >= 15 is 0 Å². The number of alkyl halides is 2. The van der Waals surface area contributed by atoms with Crippen molar-refractivity contribution in [2.45, 2.75) is 38.0 Å². The molecule has 2 aliphatic rings. The van der Waals surface area contributed by atoms with Crippen LogP contribution in [0.1, 0.15) is 32.1 Å². The Morgan fingerprint density at radius 2 is 1.46 bits per heavy atom. The Morgan fingerprint density at radius 1 is 0.923 bits per heavy atom. The highest BCUT2D eigenvalue weighted by Crippen LogP contribution is 2.46. The summed E-state index contributed by atoms with van der Waals surface area (Å²) in [4.78, 5) is 0. The second kappa shape index (κ2) is 3.52. The highest BCUT2D eigenvalue weighted by Gasteiger charge is 2.48. The first-order chi connectivity index (χ1) is 6.21. The molecular formula is C10H17F2N. The molecule has 1 saturated carbocycles. The van der Waals surface area contributed by atoms with Crippen molar-refractivity contribution in [3.63, 3.8) is 0 Å². The molecule has 1 saturated heterocycles. The average molecular weight is 189 g/mol. The molecule has 1 heterocycles. The maximum absolute atomic E-state index is 13.7. The van der Waals surface area contributed by atoms with E-state index in [1.54, 1.807) is 0 Å². The smallest absolute Gasteiger partial charge is 0.253 e. The Hall–Kier alpha value is -0.180. The maximum atomic E-state index is 13.7. The summed E-state index contributed by atoms with van der Waals surface area (Å²) in [5.74, 6) is -3.02. The summed E-state index contributed by atoms with van der Waals surface area (Å²) in [5.41, 5.74) is 0. The van der Waals surface area contributed by atoms with E-state index in [1.165, 1.54) is 0 Å². The molecule has 1 aliphatic carbocycles. The van der Waals surface area contributed by atoms with E-state index in [2.05, 4.69) is 5.32 Å². The van der Waals surface area contributed by atoms with Gasteiger partial charge in [0.25, 0.3) is 5.92 Å². The summed E-state index contributed by atoms with van der Waals surface area (Å²) >= 11 is 0. The summed E-state index contributed by atoms with van der Waals surface area (Å²) in [7, 11) is 0. The number of nitrogens with one attached hydrogen (secondary N) is 1. The highest BCUT2D eigenvalue weighted by atomic mass is 19.3. The molecule has 76 valence electrons. The molecule has 0 aromatic heterocycles. The monoisotopic (exact) mass is 189 g/mol. The van der Waals surface area contributed by atoms with Crippen molar-refractivity contribution in [2.75, 3.05) is 13.1 Å². The topological polar surface area (TPSA) is 12.0 Å². The van der Waals surface area contributed by atoms with Crippen LogP contribution in [-0.4, -0.2) is 19.0 Å². The molecule has 1 aliphatic heterocycles. The molecule has 0 bridgehead atoms. The fourth-order valence-corrected chi connectivity index (χ4v) is 2.33. The standard InChI is InChI=1S/C10H17F2N/c11-10(12,8-2-1-3-8)9-4-6-13-7-5-9/h8-9,13H,1-7H2. The average Bonchev–Trinajstić information content (AvgIpc) is 2.02. The van der Waals surface area contributed by atoms with Gasteiger partial charge in [0, 0.05) is 11.8 Å². The molecule has 0 aromatic rings. The van der Waals surface area contributed by atoms with Gasteiger partial charge in [-0.05, 0) is 38.8 Å². The molecule has 3 heteroatoms. The van der Waals surface area contributed by atoms with Gasteiger partial charge in [-0.2, -0.15) is 0 Å². The van der Waals surface area contributed by atoms with Crippen LogP contribution in [-0.2, 0) is 0 Å². The largest absolute Gasteiger partial charge is 0.317 e. The first-order valence-corrected chi connectivity index (χ1v) is 5.30. The van der Waals surface area contributed by atoms with Crippen molar-refractivity contribution in [2.24, 2.45) is 11.8 Å². The van der Waals surface area contributed by atoms with Crippen LogP contribution in [0, 0.1) is 11.8 Å². The minimum Gasteiger partial charge on any atom is -0.317 e. The lowest BCUT2D eigenvalue weighted by atomic mass is 9.73. The van der Waals surface area contributed by atoms with Gasteiger partial charge in [-0.15, -0.1) is 0 Å². The van der Waals surface area contributed by atoms with Crippen molar-refractivity contribution in [3.05, 3.63) is 0 Å². The normalized spacial score (nSPS) is 27.2. The van der Waals surface area contributed by atoms with Gasteiger partial charge >= 0.3 is 0 Å². The highest BCUT2D eigenvalue weighted by molar-refractivity contribution is 4.90. The van der Waals surface area contributed by atoms with Crippen molar-refractivity contribution >= 4 is 0 Å². The Bertz CT molecular complexity index is 172. The molecule has 13 heavy (non-hydrogen) atoms. The molecule has 0 atom stereocenters. The van der Waals surface area contributed by atoms with Gasteiger partial charge in [0.15, 0.2) is 0 Å². The molecule has 1 nitrogen and oxygen atoms in total. The molecule has 0 aromatic carbocycles. The molecule has 2 rings (SSSR count). The van der Waals surface area contributed by atoms with E-state index in [1.807, 2.05) is 0 Å². The first-order valence-electron chi connectivity index (χ1n) is 5.30. The lowest BCUT2D eigenvalue weighted by Crippen LogP contribution is -2.44. The van der Waals surface area contributed by atoms with Crippen LogP contribution in [0.3, 0.4) is 0 Å². The summed E-state index contributed by atoms with van der Waals surface area (Å²) < 4.78 is 27.5. The second-order valence-corrected chi connectivity index (χ2v) is 4.33. The zero-order chi connectivity index (χ0) is 9.31. The van der Waals surface area contributed by atoms with Gasteiger partial charge in [-0.3, -0.25) is 0 Å². The quantitative estimate of drug-likeness (QED) is 0.703. The van der Waals surface area contributed by atoms with Crippen LogP contribution in [0.4, 0.5) is 8.78 Å². The van der Waals surface area contributed by atoms with Crippen LogP contribution in [0.25, 0.3) is 0 Å². The predicted molar refractivity (Wildman–Crippen MR) is 47.9 cm³/mol. The van der Waals surface area contributed by atoms with Gasteiger partial charge in [-0.25, -0.2) is 8.78 Å². The van der Waals surface area contributed by atoms with Gasteiger partial charge in [0.05, 0.1) is 0 Å². The number of piperidine rings is 1. The van der Waals surface area contributed by atoms with E-state index in [9.17, 15) is 8.78 Å². The minimum absolute atomic E-state index is 0.296. The van der Waals surface area contributed by atoms with E-state index in [-0.39, 0.29) is 11.8 Å². The Labute approximate surface area is 77.9 Å². The summed E-state index contributed by atoms with van der Waals surface area (Å²) in [6.07, 6.45) is 3.81. The van der Waals surface area contributed by atoms with Crippen molar-refractivity contribution < 1.29 is 8.78 Å². The second-order valence-electron chi connectivity index (χ2n) is 4.33. The third-order valence-electron chi connectivity index (χ3n) is 3.53. The van der Waals surface area contributed by atoms with E-state index in [0.717, 1.165) is 32.4 Å². The van der Waals surface area contributed by atoms with Crippen LogP contribution in [0.2, 0.25) is 0 Å². The summed E-state index contributed by atoms with van der Waals surface area (Å²) in [6, 6.07) is 0. The molecule has 2 fully saturated rings. The molecule has 0 amide bonds. The fourth-order valence-electron chi connectivity index (χ4n) is 2.33. The Balaban J connectivity index is 1.94. The molecule has 1 N–H and O–H groups in total. The number of halogens is 2. The number of hydrogen-bond donors (Lipinski definition) is 1. The van der Waals surface area contributed by atoms with Gasteiger partial charge in [-0.1, -0.05) is 6.42 Å². The van der Waals surface area contributed by atoms with Crippen LogP contribution in [0.5, 0.6) is 0 Å². The van der Waals surface area contributed by atoms with Gasteiger partial charge < -0.3 is 5.32 Å². The predicted octanol–water partition coefficient (Wildman–Crippen LogP) is 2.42. The van der Waals surface area contributed by atoms with Crippen LogP contribution < -0.4 is 5.32 Å². The molecular weight excluding hydrogens is 172 g/mol. The van der Waals surface area contributed by atoms with Crippen molar-refractivity contribution in [1.29, 1.82) is 0 Å². The minimum atomic E-state index is -2.37. The fraction of sp³-hybridized carbons (Fsp3) is 1.00. The summed E-state index contributed by atoms with van der Waals surface area (Å²) in [6.45, 7) is 1.54. The van der Waals surface area contributed by atoms with Crippen LogP contribution in [0.15, 0.2) is 0 Å². The molecule has 0 spiro atoms. The zero-order valence-electron chi connectivity index (χ0n) is 7.86. The van der Waals surface area contributed by atoms with Crippen molar-refractivity contribution in [1.82, 2.24) is 5.32 Å². The third kappa shape index (κ3) is 1.71. The Morgan fingerprint density at radius 3 is 1.92 bits per heavy atom. The zero-order valence-corrected chi connectivity index (χ0v) is 7.86. The van der Waals surface area contributed by atoms with E-state index in [0.29, 0.717) is 12.8 Å². The summed E-state index contributed by atoms with van der Waals surface area (Å²) in [5, 5.41) is 3.13. The number of hydrogen-bond acceptors (Lipinski definition) is 1. The van der Waals surface area contributed by atoms with E-state index in [4.69, 9.17) is 0 Å². The van der Waals surface area contributed by atoms with Crippen molar-refractivity contribution in [3.8, 4) is 0 Å². The maximum Gasteiger partial charge on any atom is 0.253 e. The lowest BCUT2D eigenvalue weighted by Gasteiger charge is -2.40. The third-order valence-corrected chi connectivity index (χ3v) is 3.53. The molecule has 0 radical (unpaired) electrons. The Kier molecular flexibility index (Phi) is 2.54.